The predicted molar refractivity (Wildman–Crippen MR) is 115 cm³/mol. The van der Waals surface area contributed by atoms with Crippen LogP contribution in [-0.4, -0.2) is 52.2 Å². The SMILES string of the molecule is CN=C(NCc1ccc(S(C)(=O)=O)cc1)NCC(c1ccco1)N1CCCCC1. The van der Waals surface area contributed by atoms with Crippen LogP contribution < -0.4 is 10.6 Å². The van der Waals surface area contributed by atoms with Crippen LogP contribution in [0, 0.1) is 0 Å². The van der Waals surface area contributed by atoms with E-state index in [4.69, 9.17) is 4.42 Å². The summed E-state index contributed by atoms with van der Waals surface area (Å²) in [7, 11) is -1.44. The molecule has 1 aliphatic rings. The van der Waals surface area contributed by atoms with Crippen LogP contribution in [0.2, 0.25) is 0 Å². The van der Waals surface area contributed by atoms with E-state index in [-0.39, 0.29) is 6.04 Å². The molecule has 0 radical (unpaired) electrons. The van der Waals surface area contributed by atoms with Crippen molar-refractivity contribution in [3.63, 3.8) is 0 Å². The van der Waals surface area contributed by atoms with Gasteiger partial charge in [0.1, 0.15) is 5.76 Å². The minimum absolute atomic E-state index is 0.165. The number of nitrogens with zero attached hydrogens (tertiary/aromatic N) is 2. The lowest BCUT2D eigenvalue weighted by Gasteiger charge is -2.33. The fourth-order valence-corrected chi connectivity index (χ4v) is 4.21. The largest absolute Gasteiger partial charge is 0.468 e. The smallest absolute Gasteiger partial charge is 0.191 e. The van der Waals surface area contributed by atoms with Gasteiger partial charge in [-0.25, -0.2) is 8.42 Å². The van der Waals surface area contributed by atoms with Gasteiger partial charge in [0.05, 0.1) is 17.2 Å². The minimum atomic E-state index is -3.18. The molecule has 1 unspecified atom stereocenters. The molecule has 0 bridgehead atoms. The zero-order valence-corrected chi connectivity index (χ0v) is 17.9. The predicted octanol–water partition coefficient (Wildman–Crippen LogP) is 2.58. The number of furan rings is 1. The summed E-state index contributed by atoms with van der Waals surface area (Å²) in [6.45, 7) is 3.40. The summed E-state index contributed by atoms with van der Waals surface area (Å²) in [5, 5.41) is 6.69. The highest BCUT2D eigenvalue weighted by molar-refractivity contribution is 7.90. The molecule has 1 aromatic carbocycles. The third kappa shape index (κ3) is 6.08. The van der Waals surface area contributed by atoms with E-state index < -0.39 is 9.84 Å². The summed E-state index contributed by atoms with van der Waals surface area (Å²) in [4.78, 5) is 7.10. The quantitative estimate of drug-likeness (QED) is 0.531. The number of likely N-dealkylation sites (tertiary alicyclic amines) is 1. The maximum Gasteiger partial charge on any atom is 0.191 e. The molecule has 2 aromatic rings. The van der Waals surface area contributed by atoms with Crippen molar-refractivity contribution in [2.45, 2.75) is 36.7 Å². The molecule has 1 aromatic heterocycles. The highest BCUT2D eigenvalue weighted by Gasteiger charge is 2.24. The van der Waals surface area contributed by atoms with Gasteiger partial charge in [0, 0.05) is 26.4 Å². The number of sulfone groups is 1. The van der Waals surface area contributed by atoms with Crippen LogP contribution >= 0.6 is 0 Å². The van der Waals surface area contributed by atoms with Crippen LogP contribution in [0.4, 0.5) is 0 Å². The van der Waals surface area contributed by atoms with Crippen molar-refractivity contribution in [1.29, 1.82) is 0 Å². The Kier molecular flexibility index (Phi) is 7.33. The van der Waals surface area contributed by atoms with Crippen molar-refractivity contribution in [1.82, 2.24) is 15.5 Å². The second kappa shape index (κ2) is 9.93. The van der Waals surface area contributed by atoms with Crippen molar-refractivity contribution in [3.8, 4) is 0 Å². The normalized spacial score (nSPS) is 17.1. The van der Waals surface area contributed by atoms with E-state index in [9.17, 15) is 8.42 Å². The average Bonchev–Trinajstić information content (AvgIpc) is 3.25. The van der Waals surface area contributed by atoms with Gasteiger partial charge >= 0.3 is 0 Å². The topological polar surface area (TPSA) is 86.9 Å². The summed E-state index contributed by atoms with van der Waals surface area (Å²) in [6.07, 6.45) is 6.65. The van der Waals surface area contributed by atoms with Gasteiger partial charge in [-0.05, 0) is 55.8 Å². The molecule has 0 saturated carbocycles. The summed E-state index contributed by atoms with van der Waals surface area (Å²) in [5.41, 5.74) is 0.985. The number of rotatable bonds is 7. The molecule has 1 saturated heterocycles. The minimum Gasteiger partial charge on any atom is -0.468 e. The first kappa shape index (κ1) is 21.4. The van der Waals surface area contributed by atoms with E-state index in [1.165, 1.54) is 25.5 Å². The number of guanidine groups is 1. The lowest BCUT2D eigenvalue weighted by molar-refractivity contribution is 0.146. The van der Waals surface area contributed by atoms with Gasteiger partial charge < -0.3 is 15.1 Å². The Hall–Kier alpha value is -2.32. The first-order chi connectivity index (χ1) is 14.0. The zero-order valence-electron chi connectivity index (χ0n) is 17.1. The highest BCUT2D eigenvalue weighted by Crippen LogP contribution is 2.24. The van der Waals surface area contributed by atoms with E-state index in [0.29, 0.717) is 23.9 Å². The van der Waals surface area contributed by atoms with E-state index in [1.807, 2.05) is 24.3 Å². The number of piperidine rings is 1. The molecule has 2 heterocycles. The van der Waals surface area contributed by atoms with Crippen molar-refractivity contribution < 1.29 is 12.8 Å². The van der Waals surface area contributed by atoms with Gasteiger partial charge in [-0.15, -0.1) is 0 Å². The molecule has 1 fully saturated rings. The van der Waals surface area contributed by atoms with Gasteiger partial charge in [0.2, 0.25) is 0 Å². The van der Waals surface area contributed by atoms with Gasteiger partial charge in [-0.2, -0.15) is 0 Å². The number of aliphatic imine (C=N–C) groups is 1. The maximum atomic E-state index is 11.6. The van der Waals surface area contributed by atoms with Crippen LogP contribution in [0.1, 0.15) is 36.6 Å². The van der Waals surface area contributed by atoms with Gasteiger partial charge in [0.15, 0.2) is 15.8 Å². The van der Waals surface area contributed by atoms with Gasteiger partial charge in [-0.1, -0.05) is 18.6 Å². The molecule has 3 rings (SSSR count). The Morgan fingerprint density at radius 3 is 2.45 bits per heavy atom. The highest BCUT2D eigenvalue weighted by atomic mass is 32.2. The van der Waals surface area contributed by atoms with Gasteiger partial charge in [-0.3, -0.25) is 9.89 Å². The number of benzene rings is 1. The molecule has 0 spiro atoms. The molecule has 0 amide bonds. The lowest BCUT2D eigenvalue weighted by Crippen LogP contribution is -2.44. The Morgan fingerprint density at radius 1 is 1.14 bits per heavy atom. The molecule has 29 heavy (non-hydrogen) atoms. The Labute approximate surface area is 173 Å². The summed E-state index contributed by atoms with van der Waals surface area (Å²) >= 11 is 0. The van der Waals surface area contributed by atoms with Crippen molar-refractivity contribution >= 4 is 15.8 Å². The Bertz CT molecular complexity index is 887. The van der Waals surface area contributed by atoms with Crippen LogP contribution in [0.3, 0.4) is 0 Å². The second-order valence-electron chi connectivity index (χ2n) is 7.35. The molecule has 0 aliphatic carbocycles. The molecular formula is C21H30N4O3S. The van der Waals surface area contributed by atoms with Crippen molar-refractivity contribution in [2.75, 3.05) is 32.9 Å². The fourth-order valence-electron chi connectivity index (χ4n) is 3.57. The molecular weight excluding hydrogens is 388 g/mol. The fraction of sp³-hybridized carbons (Fsp3) is 0.476. The van der Waals surface area contributed by atoms with E-state index in [2.05, 4.69) is 20.5 Å². The third-order valence-electron chi connectivity index (χ3n) is 5.20. The first-order valence-corrected chi connectivity index (χ1v) is 11.9. The molecule has 158 valence electrons. The van der Waals surface area contributed by atoms with Crippen LogP contribution in [0.15, 0.2) is 57.0 Å². The van der Waals surface area contributed by atoms with E-state index in [0.717, 1.165) is 24.4 Å². The van der Waals surface area contributed by atoms with Crippen molar-refractivity contribution in [2.24, 2.45) is 4.99 Å². The standard InChI is InChI=1S/C21H30N4O3S/c1-22-21(23-15-17-8-10-18(11-9-17)29(2,26)27)24-16-19(20-7-6-14-28-20)25-12-4-3-5-13-25/h6-11,14,19H,3-5,12-13,15-16H2,1-2H3,(H2,22,23,24). The number of hydrogen-bond acceptors (Lipinski definition) is 5. The molecule has 7 nitrogen and oxygen atoms in total. The third-order valence-corrected chi connectivity index (χ3v) is 6.33. The van der Waals surface area contributed by atoms with Crippen LogP contribution in [0.25, 0.3) is 0 Å². The van der Waals surface area contributed by atoms with Crippen LogP contribution in [0.5, 0.6) is 0 Å². The molecule has 8 heteroatoms. The van der Waals surface area contributed by atoms with Crippen LogP contribution in [-0.2, 0) is 16.4 Å². The van der Waals surface area contributed by atoms with E-state index >= 15 is 0 Å². The average molecular weight is 419 g/mol. The van der Waals surface area contributed by atoms with Crippen molar-refractivity contribution in [3.05, 3.63) is 54.0 Å². The number of nitrogens with one attached hydrogen (secondary N) is 2. The summed E-state index contributed by atoms with van der Waals surface area (Å²) in [6, 6.07) is 11.0. The molecule has 1 atom stereocenters. The maximum absolute atomic E-state index is 11.6. The Morgan fingerprint density at radius 2 is 1.86 bits per heavy atom. The molecule has 2 N–H and O–H groups in total. The zero-order chi connectivity index (χ0) is 20.7. The number of hydrogen-bond donors (Lipinski definition) is 2. The summed E-state index contributed by atoms with van der Waals surface area (Å²) < 4.78 is 28.8. The lowest BCUT2D eigenvalue weighted by atomic mass is 10.1. The second-order valence-corrected chi connectivity index (χ2v) is 9.37. The van der Waals surface area contributed by atoms with Gasteiger partial charge in [0.25, 0.3) is 0 Å². The monoisotopic (exact) mass is 418 g/mol. The Balaban J connectivity index is 1.57. The first-order valence-electron chi connectivity index (χ1n) is 9.98. The van der Waals surface area contributed by atoms with E-state index in [1.54, 1.807) is 25.4 Å². The summed E-state index contributed by atoms with van der Waals surface area (Å²) in [5.74, 6) is 1.66. The molecule has 1 aliphatic heterocycles.